The van der Waals surface area contributed by atoms with Crippen LogP contribution in [0.15, 0.2) is 121 Å². The topological polar surface area (TPSA) is 179 Å². The molecule has 2 unspecified atom stereocenters. The molecule has 2 aliphatic carbocycles. The number of carboxylic acids is 2. The van der Waals surface area contributed by atoms with Gasteiger partial charge < -0.3 is 34.6 Å². The molecule has 2 aliphatic heterocycles. The monoisotopic (exact) mass is 1100 g/mol. The van der Waals surface area contributed by atoms with Gasteiger partial charge in [0.25, 0.3) is 0 Å². The molecule has 2 heterocycles. The Morgan fingerprint density at radius 1 is 0.500 bits per heavy atom. The number of aliphatic carboxylic acids is 2. The number of benzene rings is 4. The van der Waals surface area contributed by atoms with E-state index in [1.165, 1.54) is 32.1 Å². The minimum Gasteiger partial charge on any atom is -0.481 e. The second kappa shape index (κ2) is 34.8. The van der Waals surface area contributed by atoms with Gasteiger partial charge >= 0.3 is 23.9 Å². The van der Waals surface area contributed by atoms with Gasteiger partial charge in [-0.15, -0.1) is 0 Å². The van der Waals surface area contributed by atoms with Gasteiger partial charge in [-0.05, 0) is 86.5 Å². The molecule has 70 heavy (non-hydrogen) atoms. The molecule has 384 valence electrons. The number of hydrogen-bond donors (Lipinski definition) is 2. The number of carbonyl (C=O) groups is 4. The number of alkyl halides is 2. The second-order valence-corrected chi connectivity index (χ2v) is 19.6. The van der Waals surface area contributed by atoms with E-state index >= 15 is 0 Å². The summed E-state index contributed by atoms with van der Waals surface area (Å²) in [5, 5.41) is 20.1. The largest absolute Gasteiger partial charge is 0.481 e. The lowest BCUT2D eigenvalue weighted by molar-refractivity contribution is -0.194. The van der Waals surface area contributed by atoms with Crippen LogP contribution >= 0.6 is 31.9 Å². The smallest absolute Gasteiger partial charge is 0.318 e. The maximum Gasteiger partial charge on any atom is 0.318 e. The van der Waals surface area contributed by atoms with E-state index in [2.05, 4.69) is 44.0 Å². The molecule has 11 nitrogen and oxygen atoms in total. The molecule has 0 spiro atoms. The number of ether oxygens (including phenoxy) is 4. The average Bonchev–Trinajstić information content (AvgIpc) is 3.39. The number of carbonyl (C=O) groups excluding carboxylic acids is 2. The standard InChI is InChI=1S/C18H24O3.C13H16O3.C13H16O2.C8H8O2.C5H10Br2.H2O/c19-17(21-16-11-5-8-14-20-16)18(12-6-2-7-13-18)15-9-3-1-4-10-15;14-12(10-11-6-2-1-3-7-11)16-13-8-4-5-9-15-13;14-12(15)13(9-5-2-6-10-13)11-7-3-1-4-8-11;9-8(10)6-7-4-2-1-3-5-7;6-4-2-1-3-5-7;/h1,3-4,9-10,16H,2,5-8,11-14H2;1-3,6-7,13H,4-5,8-10H2;1,3-4,7-8H,2,5-6,9-10H2,(H,14,15);1-5H,6H2,(H,9,10);1-5H2;1H2/p+1. The van der Waals surface area contributed by atoms with Crippen molar-refractivity contribution in [1.29, 1.82) is 0 Å². The number of hydrogen-bond acceptors (Lipinski definition) is 8. The van der Waals surface area contributed by atoms with Gasteiger partial charge in [-0.1, -0.05) is 198 Å². The molecule has 0 radical (unpaired) electrons. The van der Waals surface area contributed by atoms with Gasteiger partial charge in [0.05, 0.1) is 36.9 Å². The quantitative estimate of drug-likeness (QED) is 0.0534. The molecule has 0 bridgehead atoms. The van der Waals surface area contributed by atoms with Crippen LogP contribution in [0.25, 0.3) is 0 Å². The van der Waals surface area contributed by atoms with Crippen molar-refractivity contribution in [1.82, 2.24) is 0 Å². The first-order valence-corrected chi connectivity index (χ1v) is 27.3. The fourth-order valence-electron chi connectivity index (χ4n) is 8.99. The number of carboxylic acid groups (broad SMARTS) is 2. The highest BCUT2D eigenvalue weighted by Gasteiger charge is 2.44. The van der Waals surface area contributed by atoms with Gasteiger partial charge in [-0.2, -0.15) is 0 Å². The molecule has 4 aliphatic rings. The van der Waals surface area contributed by atoms with Crippen molar-refractivity contribution in [3.8, 4) is 0 Å². The summed E-state index contributed by atoms with van der Waals surface area (Å²) in [6.45, 7) is 1.40. The number of esters is 2. The average molecular weight is 1100 g/mol. The van der Waals surface area contributed by atoms with Gasteiger partial charge in [-0.25, -0.2) is 0 Å². The molecule has 2 saturated heterocycles. The van der Waals surface area contributed by atoms with Crippen LogP contribution in [0.4, 0.5) is 0 Å². The fourth-order valence-corrected chi connectivity index (χ4v) is 9.78. The predicted octanol–water partition coefficient (Wildman–Crippen LogP) is 12.6. The molecule has 4 fully saturated rings. The summed E-state index contributed by atoms with van der Waals surface area (Å²) in [5.41, 5.74) is 2.82. The minimum atomic E-state index is -0.786. The Morgan fingerprint density at radius 2 is 0.900 bits per heavy atom. The Bertz CT molecular complexity index is 1990. The Balaban J connectivity index is 0.000000241. The van der Waals surface area contributed by atoms with Crippen LogP contribution in [0, 0.1) is 0 Å². The number of halogens is 2. The Kier molecular flexibility index (Phi) is 29.8. The lowest BCUT2D eigenvalue weighted by Crippen LogP contribution is -2.42. The Morgan fingerprint density at radius 3 is 1.30 bits per heavy atom. The summed E-state index contributed by atoms with van der Waals surface area (Å²) >= 11 is 6.73. The van der Waals surface area contributed by atoms with E-state index in [9.17, 15) is 24.3 Å². The second-order valence-electron chi connectivity index (χ2n) is 18.0. The van der Waals surface area contributed by atoms with Crippen LogP contribution < -0.4 is 0 Å². The molecular weight excluding hydrogens is 1020 g/mol. The maximum absolute atomic E-state index is 12.9. The first-order chi connectivity index (χ1) is 33.6. The molecule has 5 N–H and O–H groups in total. The fraction of sp³-hybridized carbons (Fsp3) is 0.509. The number of rotatable bonds is 14. The van der Waals surface area contributed by atoms with Gasteiger partial charge in [0.2, 0.25) is 12.6 Å². The summed E-state index contributed by atoms with van der Waals surface area (Å²) in [6, 6.07) is 38.5. The van der Waals surface area contributed by atoms with Crippen molar-refractivity contribution in [2.75, 3.05) is 23.9 Å². The summed E-state index contributed by atoms with van der Waals surface area (Å²) in [5.74, 6) is -1.74. The van der Waals surface area contributed by atoms with Crippen molar-refractivity contribution in [2.24, 2.45) is 0 Å². The SMILES string of the molecule is BrCCCCCBr.O=C(Cc1ccccc1)OC1CCCCO1.O=C(O)C1(c2ccccc2)CCCCC1.O=C(O)Cc1ccccc1.O=C(OC1CCCCO1)C1(c2ccccc2)CCCCC1.[OH3+]. The van der Waals surface area contributed by atoms with Crippen molar-refractivity contribution in [3.63, 3.8) is 0 Å². The third kappa shape index (κ3) is 21.5. The van der Waals surface area contributed by atoms with Crippen LogP contribution in [0.3, 0.4) is 0 Å². The molecule has 2 saturated carbocycles. The van der Waals surface area contributed by atoms with Crippen LogP contribution in [-0.4, -0.2) is 70.5 Å². The van der Waals surface area contributed by atoms with E-state index in [0.29, 0.717) is 19.6 Å². The van der Waals surface area contributed by atoms with E-state index in [1.54, 1.807) is 12.1 Å². The molecular formula is C57H77Br2O11+. The highest BCUT2D eigenvalue weighted by Crippen LogP contribution is 2.42. The van der Waals surface area contributed by atoms with E-state index in [0.717, 1.165) is 123 Å². The summed E-state index contributed by atoms with van der Waals surface area (Å²) in [7, 11) is 0. The van der Waals surface area contributed by atoms with Crippen LogP contribution in [-0.2, 0) is 67.3 Å². The third-order valence-electron chi connectivity index (χ3n) is 12.8. The zero-order chi connectivity index (χ0) is 49.4. The summed E-state index contributed by atoms with van der Waals surface area (Å²) < 4.78 is 21.9. The Labute approximate surface area is 433 Å². The molecule has 0 aromatic heterocycles. The van der Waals surface area contributed by atoms with Crippen molar-refractivity contribution >= 4 is 55.7 Å². The zero-order valence-corrected chi connectivity index (χ0v) is 44.0. The molecule has 4 aromatic rings. The van der Waals surface area contributed by atoms with Gasteiger partial charge in [-0.3, -0.25) is 19.2 Å². The van der Waals surface area contributed by atoms with Crippen molar-refractivity contribution < 1.29 is 53.8 Å². The highest BCUT2D eigenvalue weighted by atomic mass is 79.9. The molecule has 0 amide bonds. The maximum atomic E-state index is 12.9. The van der Waals surface area contributed by atoms with Gasteiger partial charge in [0.1, 0.15) is 0 Å². The molecule has 8 rings (SSSR count). The van der Waals surface area contributed by atoms with E-state index in [4.69, 9.17) is 24.1 Å². The first-order valence-electron chi connectivity index (χ1n) is 25.0. The van der Waals surface area contributed by atoms with Gasteiger partial charge in [0.15, 0.2) is 0 Å². The zero-order valence-electron chi connectivity index (χ0n) is 40.9. The summed E-state index contributed by atoms with van der Waals surface area (Å²) in [4.78, 5) is 46.1. The van der Waals surface area contributed by atoms with Crippen LogP contribution in [0.2, 0.25) is 0 Å². The lowest BCUT2D eigenvalue weighted by Gasteiger charge is -2.37. The number of unbranched alkanes of at least 4 members (excludes halogenated alkanes) is 2. The van der Waals surface area contributed by atoms with Crippen LogP contribution in [0.5, 0.6) is 0 Å². The molecule has 4 aromatic carbocycles. The molecule has 2 atom stereocenters. The Hall–Kier alpha value is -4.40. The van der Waals surface area contributed by atoms with Gasteiger partial charge in [0, 0.05) is 23.5 Å². The highest BCUT2D eigenvalue weighted by molar-refractivity contribution is 9.09. The minimum absolute atomic E-state index is 0. The van der Waals surface area contributed by atoms with Crippen molar-refractivity contribution in [2.45, 2.75) is 158 Å². The summed E-state index contributed by atoms with van der Waals surface area (Å²) in [6.07, 6.45) is 19.6. The van der Waals surface area contributed by atoms with E-state index in [1.807, 2.05) is 97.1 Å². The van der Waals surface area contributed by atoms with E-state index in [-0.39, 0.29) is 36.4 Å². The normalized spacial score (nSPS) is 18.7. The lowest BCUT2D eigenvalue weighted by atomic mass is 9.69. The van der Waals surface area contributed by atoms with Crippen molar-refractivity contribution in [3.05, 3.63) is 144 Å². The van der Waals surface area contributed by atoms with Crippen LogP contribution in [0.1, 0.15) is 144 Å². The predicted molar refractivity (Wildman–Crippen MR) is 284 cm³/mol. The molecule has 13 heteroatoms. The van der Waals surface area contributed by atoms with E-state index < -0.39 is 22.8 Å². The third-order valence-corrected chi connectivity index (χ3v) is 13.9. The first kappa shape index (κ1) is 59.9.